The van der Waals surface area contributed by atoms with Crippen LogP contribution in [0.4, 0.5) is 0 Å². The third-order valence-corrected chi connectivity index (χ3v) is 6.51. The zero-order valence-electron chi connectivity index (χ0n) is 14.1. The van der Waals surface area contributed by atoms with Crippen LogP contribution in [0, 0.1) is 12.8 Å². The maximum atomic E-state index is 6.33. The van der Waals surface area contributed by atoms with Gasteiger partial charge in [-0.05, 0) is 44.9 Å². The van der Waals surface area contributed by atoms with Crippen molar-refractivity contribution in [1.29, 1.82) is 0 Å². The number of fused-ring (bicyclic) bond motifs is 1. The molecule has 3 atom stereocenters. The molecular weight excluding hydrogens is 308 g/mol. The van der Waals surface area contributed by atoms with Gasteiger partial charge in [-0.1, -0.05) is 6.42 Å². The number of ether oxygens (including phenoxy) is 2. The Hall–Kier alpha value is -0.490. The van der Waals surface area contributed by atoms with Gasteiger partial charge < -0.3 is 9.47 Å². The van der Waals surface area contributed by atoms with Gasteiger partial charge in [0.1, 0.15) is 0 Å². The van der Waals surface area contributed by atoms with E-state index in [0.29, 0.717) is 25.4 Å². The van der Waals surface area contributed by atoms with Crippen LogP contribution in [-0.4, -0.2) is 47.8 Å². The van der Waals surface area contributed by atoms with Gasteiger partial charge in [0, 0.05) is 24.5 Å². The first-order chi connectivity index (χ1) is 11.3. The second-order valence-corrected chi connectivity index (χ2v) is 8.46. The van der Waals surface area contributed by atoms with Crippen molar-refractivity contribution in [2.75, 3.05) is 19.7 Å². The van der Waals surface area contributed by atoms with Crippen LogP contribution < -0.4 is 0 Å². The fraction of sp³-hybridized carbons (Fsp3) is 0.833. The number of nitrogens with zero attached hydrogens (tertiary/aromatic N) is 2. The van der Waals surface area contributed by atoms with Gasteiger partial charge in [0.25, 0.3) is 0 Å². The van der Waals surface area contributed by atoms with Gasteiger partial charge in [-0.25, -0.2) is 4.98 Å². The van der Waals surface area contributed by atoms with Crippen LogP contribution in [0.2, 0.25) is 0 Å². The summed E-state index contributed by atoms with van der Waals surface area (Å²) in [6.45, 7) is 5.91. The SMILES string of the molecule is Cc1nc(COC[C@@H]2CC[C@@H]3[C@@H](CCN3CC3CCC3)O2)cs1. The van der Waals surface area contributed by atoms with Gasteiger partial charge in [-0.2, -0.15) is 0 Å². The molecule has 0 N–H and O–H groups in total. The van der Waals surface area contributed by atoms with E-state index in [-0.39, 0.29) is 6.10 Å². The Morgan fingerprint density at radius 3 is 2.96 bits per heavy atom. The first-order valence-electron chi connectivity index (χ1n) is 9.16. The maximum Gasteiger partial charge on any atom is 0.0898 e. The van der Waals surface area contributed by atoms with Crippen molar-refractivity contribution in [3.05, 3.63) is 16.1 Å². The lowest BCUT2D eigenvalue weighted by molar-refractivity contribution is -0.103. The number of hydrogen-bond donors (Lipinski definition) is 0. The van der Waals surface area contributed by atoms with Gasteiger partial charge in [0.2, 0.25) is 0 Å². The topological polar surface area (TPSA) is 34.6 Å². The molecule has 0 aromatic carbocycles. The molecule has 4 nitrogen and oxygen atoms in total. The van der Waals surface area contributed by atoms with Crippen LogP contribution in [0.5, 0.6) is 0 Å². The predicted molar refractivity (Wildman–Crippen MR) is 91.7 cm³/mol. The molecule has 4 rings (SSSR count). The molecule has 0 bridgehead atoms. The highest BCUT2D eigenvalue weighted by Crippen LogP contribution is 2.35. The van der Waals surface area contributed by atoms with E-state index < -0.39 is 0 Å². The highest BCUT2D eigenvalue weighted by molar-refractivity contribution is 7.09. The number of aryl methyl sites for hydroxylation is 1. The van der Waals surface area contributed by atoms with Crippen molar-refractivity contribution in [3.63, 3.8) is 0 Å². The van der Waals surface area contributed by atoms with Crippen LogP contribution in [-0.2, 0) is 16.1 Å². The highest BCUT2D eigenvalue weighted by atomic mass is 32.1. The molecule has 1 aliphatic carbocycles. The first kappa shape index (κ1) is 16.0. The fourth-order valence-electron chi connectivity index (χ4n) is 4.21. The van der Waals surface area contributed by atoms with Crippen LogP contribution in [0.15, 0.2) is 5.38 Å². The van der Waals surface area contributed by atoms with E-state index in [1.54, 1.807) is 11.3 Å². The predicted octanol–water partition coefficient (Wildman–Crippen LogP) is 3.39. The van der Waals surface area contributed by atoms with Gasteiger partial charge in [0.15, 0.2) is 0 Å². The average molecular weight is 337 g/mol. The number of thiazole rings is 1. The fourth-order valence-corrected chi connectivity index (χ4v) is 4.81. The van der Waals surface area contributed by atoms with Crippen LogP contribution in [0.1, 0.15) is 49.2 Å². The minimum atomic E-state index is 0.277. The standard InChI is InChI=1S/C18H28N2O2S/c1-13-19-15(12-23-13)10-21-11-16-5-6-17-18(22-16)7-8-20(17)9-14-3-2-4-14/h12,14,16-18H,2-11H2,1H3/t16-,17+,18+/m0/s1. The van der Waals surface area contributed by atoms with E-state index >= 15 is 0 Å². The molecule has 1 aromatic rings. The highest BCUT2D eigenvalue weighted by Gasteiger charge is 2.40. The summed E-state index contributed by atoms with van der Waals surface area (Å²) in [6.07, 6.45) is 8.68. The van der Waals surface area contributed by atoms with E-state index in [1.165, 1.54) is 45.2 Å². The number of likely N-dealkylation sites (tertiary alicyclic amines) is 1. The zero-order chi connectivity index (χ0) is 15.6. The molecule has 5 heteroatoms. The second-order valence-electron chi connectivity index (χ2n) is 7.39. The molecule has 2 saturated heterocycles. The lowest BCUT2D eigenvalue weighted by Crippen LogP contribution is -2.45. The zero-order valence-corrected chi connectivity index (χ0v) is 14.9. The monoisotopic (exact) mass is 336 g/mol. The average Bonchev–Trinajstić information content (AvgIpc) is 3.09. The number of rotatable bonds is 6. The number of hydrogen-bond acceptors (Lipinski definition) is 5. The third-order valence-electron chi connectivity index (χ3n) is 5.69. The summed E-state index contributed by atoms with van der Waals surface area (Å²) in [4.78, 5) is 7.16. The molecule has 128 valence electrons. The van der Waals surface area contributed by atoms with Crippen molar-refractivity contribution in [3.8, 4) is 0 Å². The van der Waals surface area contributed by atoms with Crippen molar-refractivity contribution in [1.82, 2.24) is 9.88 Å². The molecular formula is C18H28N2O2S. The number of aromatic nitrogens is 1. The van der Waals surface area contributed by atoms with Gasteiger partial charge in [-0.15, -0.1) is 11.3 Å². The lowest BCUT2D eigenvalue weighted by atomic mass is 9.85. The Kier molecular flexibility index (Phi) is 4.99. The van der Waals surface area contributed by atoms with Crippen LogP contribution in [0.25, 0.3) is 0 Å². The summed E-state index contributed by atoms with van der Waals surface area (Å²) in [5.41, 5.74) is 1.05. The van der Waals surface area contributed by atoms with Crippen molar-refractivity contribution < 1.29 is 9.47 Å². The van der Waals surface area contributed by atoms with Crippen molar-refractivity contribution in [2.24, 2.45) is 5.92 Å². The van der Waals surface area contributed by atoms with E-state index in [2.05, 4.69) is 15.3 Å². The smallest absolute Gasteiger partial charge is 0.0898 e. The molecule has 3 heterocycles. The Morgan fingerprint density at radius 1 is 1.30 bits per heavy atom. The van der Waals surface area contributed by atoms with Crippen molar-refractivity contribution >= 4 is 11.3 Å². The quantitative estimate of drug-likeness (QED) is 0.797. The van der Waals surface area contributed by atoms with Crippen LogP contribution >= 0.6 is 11.3 Å². The minimum absolute atomic E-state index is 0.277. The molecule has 0 amide bonds. The Morgan fingerprint density at radius 2 is 2.22 bits per heavy atom. The Labute approximate surface area is 143 Å². The normalized spacial score (nSPS) is 32.0. The Balaban J connectivity index is 1.20. The van der Waals surface area contributed by atoms with E-state index in [9.17, 15) is 0 Å². The minimum Gasteiger partial charge on any atom is -0.372 e. The molecule has 23 heavy (non-hydrogen) atoms. The third kappa shape index (κ3) is 3.78. The summed E-state index contributed by atoms with van der Waals surface area (Å²) in [7, 11) is 0. The maximum absolute atomic E-state index is 6.33. The summed E-state index contributed by atoms with van der Waals surface area (Å²) < 4.78 is 12.2. The summed E-state index contributed by atoms with van der Waals surface area (Å²) >= 11 is 1.69. The van der Waals surface area contributed by atoms with Crippen LogP contribution in [0.3, 0.4) is 0 Å². The van der Waals surface area contributed by atoms with Crippen molar-refractivity contribution in [2.45, 2.75) is 70.3 Å². The molecule has 0 unspecified atom stereocenters. The lowest BCUT2D eigenvalue weighted by Gasteiger charge is -2.38. The molecule has 0 radical (unpaired) electrons. The van der Waals surface area contributed by atoms with Gasteiger partial charge in [0.05, 0.1) is 36.1 Å². The van der Waals surface area contributed by atoms with Gasteiger partial charge >= 0.3 is 0 Å². The molecule has 1 aromatic heterocycles. The summed E-state index contributed by atoms with van der Waals surface area (Å²) in [5.74, 6) is 0.969. The van der Waals surface area contributed by atoms with E-state index in [1.807, 2.05) is 6.92 Å². The largest absolute Gasteiger partial charge is 0.372 e. The second kappa shape index (κ2) is 7.18. The first-order valence-corrected chi connectivity index (χ1v) is 10.0. The van der Waals surface area contributed by atoms with E-state index in [0.717, 1.165) is 23.0 Å². The molecule has 0 spiro atoms. The molecule has 3 fully saturated rings. The van der Waals surface area contributed by atoms with E-state index in [4.69, 9.17) is 9.47 Å². The molecule has 3 aliphatic rings. The summed E-state index contributed by atoms with van der Waals surface area (Å²) in [6, 6.07) is 0.674. The van der Waals surface area contributed by atoms with Gasteiger partial charge in [-0.3, -0.25) is 4.90 Å². The Bertz CT molecular complexity index is 517. The molecule has 1 saturated carbocycles. The molecule has 2 aliphatic heterocycles. The summed E-state index contributed by atoms with van der Waals surface area (Å²) in [5, 5.41) is 3.19.